The lowest BCUT2D eigenvalue weighted by Crippen LogP contribution is -2.21. The Morgan fingerprint density at radius 3 is 1.95 bits per heavy atom. The van der Waals surface area contributed by atoms with Gasteiger partial charge >= 0.3 is 15.6 Å². The van der Waals surface area contributed by atoms with E-state index in [-0.39, 0.29) is 5.75 Å². The minimum atomic E-state index is -5.84. The van der Waals surface area contributed by atoms with Gasteiger partial charge in [0.25, 0.3) is 0 Å². The van der Waals surface area contributed by atoms with E-state index in [2.05, 4.69) is 0 Å². The van der Waals surface area contributed by atoms with Crippen LogP contribution < -0.4 is 0 Å². The topological polar surface area (TPSA) is 91.7 Å². The molecular weight excluding hydrogens is 321 g/mol. The van der Waals surface area contributed by atoms with Crippen LogP contribution in [-0.2, 0) is 26.1 Å². The number of aryl methyl sites for hydroxylation is 1. The second-order valence-electron chi connectivity index (χ2n) is 4.06. The monoisotopic (exact) mass is 336 g/mol. The van der Waals surface area contributed by atoms with E-state index in [1.165, 1.54) is 6.26 Å². The minimum Gasteiger partial charge on any atom is -0.305 e. The first kappa shape index (κ1) is 19.0. The van der Waals surface area contributed by atoms with Gasteiger partial charge in [-0.1, -0.05) is 24.3 Å². The molecule has 20 heavy (non-hydrogen) atoms. The van der Waals surface area contributed by atoms with Gasteiger partial charge in [-0.05, 0) is 18.1 Å². The molecule has 0 heterocycles. The van der Waals surface area contributed by atoms with E-state index in [0.717, 1.165) is 11.1 Å². The van der Waals surface area contributed by atoms with Crippen LogP contribution in [0.1, 0.15) is 11.1 Å². The molecule has 1 rings (SSSR count). The second kappa shape index (κ2) is 6.66. The average Bonchev–Trinajstić information content (AvgIpc) is 2.17. The van der Waals surface area contributed by atoms with Crippen LogP contribution in [0.15, 0.2) is 24.3 Å². The molecule has 0 aliphatic heterocycles. The van der Waals surface area contributed by atoms with Gasteiger partial charge in [0.05, 0.1) is 5.75 Å². The molecule has 1 aromatic carbocycles. The van der Waals surface area contributed by atoms with Crippen LogP contribution in [0.25, 0.3) is 0 Å². The van der Waals surface area contributed by atoms with Crippen molar-refractivity contribution in [3.8, 4) is 0 Å². The van der Waals surface area contributed by atoms with E-state index in [1.807, 2.05) is 31.2 Å². The van der Waals surface area contributed by atoms with Crippen LogP contribution in [0.4, 0.5) is 13.2 Å². The van der Waals surface area contributed by atoms with Crippen molar-refractivity contribution in [3.05, 3.63) is 35.4 Å². The smallest absolute Gasteiger partial charge is 0.305 e. The SMILES string of the molecule is Cc1ccccc1C[SH](C)(=O)O.O=S(=O)(O)C(F)(F)F. The fourth-order valence-electron chi connectivity index (χ4n) is 1.10. The largest absolute Gasteiger partial charge is 0.522 e. The summed E-state index contributed by atoms with van der Waals surface area (Å²) in [4.78, 5) is 0. The Morgan fingerprint density at radius 2 is 1.65 bits per heavy atom. The maximum Gasteiger partial charge on any atom is 0.522 e. The first-order valence-electron chi connectivity index (χ1n) is 5.11. The average molecular weight is 336 g/mol. The summed E-state index contributed by atoms with van der Waals surface area (Å²) in [6.07, 6.45) is 1.39. The molecule has 0 saturated heterocycles. The van der Waals surface area contributed by atoms with Crippen LogP contribution in [0.3, 0.4) is 0 Å². The molecule has 0 aliphatic carbocycles. The van der Waals surface area contributed by atoms with E-state index in [4.69, 9.17) is 17.5 Å². The van der Waals surface area contributed by atoms with Gasteiger partial charge in [0.2, 0.25) is 0 Å². The predicted molar refractivity (Wildman–Crippen MR) is 70.6 cm³/mol. The standard InChI is InChI=1S/C9H14O2S.CHF3O3S/c1-8-5-3-4-6-9(8)7-12(2,10)11;2-1(3,4)8(5,6)7/h3-6,12H,7H2,1-2H3,(H,10,11);(H,5,6,7). The first-order valence-corrected chi connectivity index (χ1v) is 8.85. The molecule has 0 aromatic heterocycles. The summed E-state index contributed by atoms with van der Waals surface area (Å²) in [5.41, 5.74) is -3.49. The molecule has 2 N–H and O–H groups in total. The predicted octanol–water partition coefficient (Wildman–Crippen LogP) is 2.01. The van der Waals surface area contributed by atoms with Gasteiger partial charge in [0.15, 0.2) is 0 Å². The second-order valence-corrected chi connectivity index (χ2v) is 7.89. The molecule has 0 atom stereocenters. The highest BCUT2D eigenvalue weighted by Gasteiger charge is 2.44. The van der Waals surface area contributed by atoms with Gasteiger partial charge in [-0.3, -0.25) is 4.55 Å². The number of hydrogen-bond donors (Lipinski definition) is 3. The van der Waals surface area contributed by atoms with Crippen molar-refractivity contribution in [1.29, 1.82) is 0 Å². The van der Waals surface area contributed by atoms with E-state index in [0.29, 0.717) is 0 Å². The molecule has 0 spiro atoms. The molecular formula is C10H15F3O5S2. The van der Waals surface area contributed by atoms with Gasteiger partial charge in [-0.15, -0.1) is 0 Å². The molecule has 1 aromatic rings. The number of benzene rings is 1. The molecule has 118 valence electrons. The van der Waals surface area contributed by atoms with Crippen LogP contribution >= 0.6 is 0 Å². The quantitative estimate of drug-likeness (QED) is 0.436. The van der Waals surface area contributed by atoms with Gasteiger partial charge in [-0.2, -0.15) is 31.8 Å². The first-order chi connectivity index (χ1) is 8.74. The Labute approximate surface area is 115 Å². The molecule has 0 radical (unpaired) electrons. The molecule has 5 nitrogen and oxygen atoms in total. The lowest BCUT2D eigenvalue weighted by atomic mass is 10.1. The number of hydrogen-bond acceptors (Lipinski definition) is 3. The van der Waals surface area contributed by atoms with Crippen molar-refractivity contribution in [2.75, 3.05) is 6.26 Å². The fourth-order valence-corrected chi connectivity index (χ4v) is 2.09. The fraction of sp³-hybridized carbons (Fsp3) is 0.400. The molecule has 0 aliphatic rings. The zero-order valence-electron chi connectivity index (χ0n) is 10.6. The van der Waals surface area contributed by atoms with Crippen LogP contribution in [0.5, 0.6) is 0 Å². The van der Waals surface area contributed by atoms with Crippen molar-refractivity contribution in [2.45, 2.75) is 18.2 Å². The Kier molecular flexibility index (Phi) is 6.33. The van der Waals surface area contributed by atoms with Crippen LogP contribution in [0, 0.1) is 6.92 Å². The number of halogens is 3. The normalized spacial score (nSPS) is 13.3. The summed E-state index contributed by atoms with van der Waals surface area (Å²) >= 11 is 0. The third kappa shape index (κ3) is 7.58. The molecule has 0 bridgehead atoms. The van der Waals surface area contributed by atoms with Crippen LogP contribution in [-0.4, -0.2) is 33.5 Å². The molecule has 0 unspecified atom stereocenters. The Bertz CT molecular complexity index is 589. The van der Waals surface area contributed by atoms with Gasteiger partial charge in [-0.25, -0.2) is 4.21 Å². The van der Waals surface area contributed by atoms with E-state index in [1.54, 1.807) is 0 Å². The number of alkyl halides is 3. The lowest BCUT2D eigenvalue weighted by molar-refractivity contribution is -0.0510. The van der Waals surface area contributed by atoms with Gasteiger partial charge < -0.3 is 4.55 Å². The Balaban J connectivity index is 0.000000396. The molecule has 0 amide bonds. The highest BCUT2D eigenvalue weighted by Crippen LogP contribution is 2.20. The van der Waals surface area contributed by atoms with E-state index in [9.17, 15) is 17.4 Å². The Hall–Kier alpha value is -0.970. The van der Waals surface area contributed by atoms with Gasteiger partial charge in [0, 0.05) is 6.26 Å². The van der Waals surface area contributed by atoms with E-state index < -0.39 is 25.8 Å². The maximum atomic E-state index is 11.1. The van der Waals surface area contributed by atoms with Crippen molar-refractivity contribution in [1.82, 2.24) is 0 Å². The number of rotatable bonds is 2. The molecule has 10 heteroatoms. The lowest BCUT2D eigenvalue weighted by Gasteiger charge is -2.17. The molecule has 0 saturated carbocycles. The summed E-state index contributed by atoms with van der Waals surface area (Å²) < 4.78 is 77.8. The Morgan fingerprint density at radius 1 is 1.25 bits per heavy atom. The van der Waals surface area contributed by atoms with Crippen molar-refractivity contribution in [2.24, 2.45) is 0 Å². The van der Waals surface area contributed by atoms with Crippen molar-refractivity contribution < 1.29 is 34.9 Å². The van der Waals surface area contributed by atoms with Crippen LogP contribution in [0.2, 0.25) is 0 Å². The summed E-state index contributed by atoms with van der Waals surface area (Å²) in [6, 6.07) is 7.65. The van der Waals surface area contributed by atoms with E-state index >= 15 is 0 Å². The van der Waals surface area contributed by atoms with Gasteiger partial charge in [0.1, 0.15) is 0 Å². The zero-order chi connectivity index (χ0) is 16.2. The summed E-state index contributed by atoms with van der Waals surface area (Å²) in [5.74, 6) is 0.277. The highest BCUT2D eigenvalue weighted by atomic mass is 32.3. The number of thiol groups is 1. The minimum absolute atomic E-state index is 0.277. The summed E-state index contributed by atoms with van der Waals surface area (Å²) in [7, 11) is -8.75. The molecule has 0 fully saturated rings. The maximum absolute atomic E-state index is 11.1. The zero-order valence-corrected chi connectivity index (χ0v) is 12.3. The van der Waals surface area contributed by atoms with Crippen molar-refractivity contribution >= 4 is 20.3 Å². The highest BCUT2D eigenvalue weighted by molar-refractivity contribution is 7.96. The van der Waals surface area contributed by atoms with Crippen molar-refractivity contribution in [3.63, 3.8) is 0 Å². The summed E-state index contributed by atoms with van der Waals surface area (Å²) in [6.45, 7) is 1.95. The third-order valence-corrected chi connectivity index (χ3v) is 3.53. The third-order valence-electron chi connectivity index (χ3n) is 2.02. The summed E-state index contributed by atoms with van der Waals surface area (Å²) in [5, 5.41) is 0.